The van der Waals surface area contributed by atoms with E-state index in [-0.39, 0.29) is 18.5 Å². The molecule has 1 aliphatic rings. The molecule has 0 radical (unpaired) electrons. The predicted octanol–water partition coefficient (Wildman–Crippen LogP) is 3.91. The molecule has 18 heavy (non-hydrogen) atoms. The van der Waals surface area contributed by atoms with Crippen LogP contribution in [0.1, 0.15) is 6.42 Å². The molecular weight excluding hydrogens is 369 g/mol. The van der Waals surface area contributed by atoms with Crippen LogP contribution >= 0.6 is 69.6 Å². The first-order valence-corrected chi connectivity index (χ1v) is 6.94. The number of hydrogen-bond donors (Lipinski definition) is 1. The van der Waals surface area contributed by atoms with Crippen molar-refractivity contribution in [3.63, 3.8) is 0 Å². The van der Waals surface area contributed by atoms with E-state index in [1.165, 1.54) is 0 Å². The molecule has 0 saturated heterocycles. The fraction of sp³-hybridized carbons (Fsp3) is 0.750. The molecular formula is C8H8Cl6N2O2. The van der Waals surface area contributed by atoms with Gasteiger partial charge in [0.05, 0.1) is 12.6 Å². The molecule has 0 amide bonds. The second-order valence-electron chi connectivity index (χ2n) is 3.36. The Labute approximate surface area is 134 Å². The van der Waals surface area contributed by atoms with Crippen LogP contribution in [0.5, 0.6) is 0 Å². The van der Waals surface area contributed by atoms with Crippen LogP contribution in [0.4, 0.5) is 0 Å². The third-order valence-electron chi connectivity index (χ3n) is 1.91. The van der Waals surface area contributed by atoms with Crippen molar-refractivity contribution in [2.24, 2.45) is 4.99 Å². The van der Waals surface area contributed by atoms with Gasteiger partial charge in [0.1, 0.15) is 6.61 Å². The minimum absolute atomic E-state index is 0.00670. The Kier molecular flexibility index (Phi) is 5.97. The van der Waals surface area contributed by atoms with Crippen molar-refractivity contribution in [1.29, 1.82) is 5.41 Å². The fourth-order valence-corrected chi connectivity index (χ4v) is 1.57. The highest BCUT2D eigenvalue weighted by Crippen LogP contribution is 2.31. The summed E-state index contributed by atoms with van der Waals surface area (Å²) in [7, 11) is 0. The molecule has 4 nitrogen and oxygen atoms in total. The van der Waals surface area contributed by atoms with Crippen molar-refractivity contribution in [3.05, 3.63) is 0 Å². The summed E-state index contributed by atoms with van der Waals surface area (Å²) in [6.45, 7) is 0.377. The first kappa shape index (κ1) is 16.7. The number of alkyl halides is 6. The van der Waals surface area contributed by atoms with E-state index in [2.05, 4.69) is 4.99 Å². The maximum Gasteiger partial charge on any atom is 0.266 e. The van der Waals surface area contributed by atoms with Crippen LogP contribution in [0.2, 0.25) is 0 Å². The first-order chi connectivity index (χ1) is 8.10. The van der Waals surface area contributed by atoms with Crippen LogP contribution in [0.3, 0.4) is 0 Å². The largest absolute Gasteiger partial charge is 0.478 e. The quantitative estimate of drug-likeness (QED) is 0.451. The summed E-state index contributed by atoms with van der Waals surface area (Å²) in [5.74, 6) is -0.489. The number of aliphatic imine (C=N–C) groups is 1. The molecule has 0 aliphatic carbocycles. The molecule has 1 N–H and O–H groups in total. The Hall–Kier alpha value is 0.680. The molecule has 1 aliphatic heterocycles. The monoisotopic (exact) mass is 374 g/mol. The molecule has 0 fully saturated rings. The fourth-order valence-electron chi connectivity index (χ4n) is 1.10. The van der Waals surface area contributed by atoms with Gasteiger partial charge in [0, 0.05) is 6.42 Å². The van der Waals surface area contributed by atoms with Gasteiger partial charge in [-0.1, -0.05) is 69.6 Å². The highest BCUT2D eigenvalue weighted by atomic mass is 35.6. The molecule has 0 spiro atoms. The molecule has 1 atom stereocenters. The van der Waals surface area contributed by atoms with Crippen molar-refractivity contribution >= 4 is 81.4 Å². The normalized spacial score (nSPS) is 21.0. The Morgan fingerprint density at radius 2 is 1.94 bits per heavy atom. The van der Waals surface area contributed by atoms with Gasteiger partial charge in [0.2, 0.25) is 11.8 Å². The Bertz CT molecular complexity index is 348. The molecule has 0 aromatic carbocycles. The minimum atomic E-state index is -1.90. The summed E-state index contributed by atoms with van der Waals surface area (Å²) in [4.78, 5) is 4.05. The number of nitrogens with zero attached hydrogens (tertiary/aromatic N) is 1. The van der Waals surface area contributed by atoms with Gasteiger partial charge in [-0.25, -0.2) is 4.99 Å². The zero-order valence-corrected chi connectivity index (χ0v) is 13.3. The van der Waals surface area contributed by atoms with Gasteiger partial charge in [-0.05, 0) is 0 Å². The molecule has 0 aromatic rings. The van der Waals surface area contributed by atoms with E-state index in [1.807, 2.05) is 0 Å². The predicted molar refractivity (Wildman–Crippen MR) is 76.1 cm³/mol. The zero-order valence-electron chi connectivity index (χ0n) is 8.73. The average Bonchev–Trinajstić information content (AvgIpc) is 2.23. The van der Waals surface area contributed by atoms with Crippen LogP contribution in [0.15, 0.2) is 4.99 Å². The highest BCUT2D eigenvalue weighted by Gasteiger charge is 2.34. The van der Waals surface area contributed by atoms with Crippen molar-refractivity contribution < 1.29 is 9.47 Å². The lowest BCUT2D eigenvalue weighted by Gasteiger charge is -2.25. The van der Waals surface area contributed by atoms with Crippen LogP contribution < -0.4 is 0 Å². The van der Waals surface area contributed by atoms with E-state index < -0.39 is 13.5 Å². The van der Waals surface area contributed by atoms with Gasteiger partial charge in [-0.2, -0.15) is 0 Å². The maximum atomic E-state index is 7.36. The second kappa shape index (κ2) is 6.42. The zero-order chi connectivity index (χ0) is 14.0. The van der Waals surface area contributed by atoms with Crippen molar-refractivity contribution in [1.82, 2.24) is 0 Å². The smallest absolute Gasteiger partial charge is 0.266 e. The molecule has 104 valence electrons. The van der Waals surface area contributed by atoms with E-state index in [9.17, 15) is 0 Å². The molecule has 0 saturated carbocycles. The van der Waals surface area contributed by atoms with Gasteiger partial charge < -0.3 is 9.47 Å². The van der Waals surface area contributed by atoms with Crippen LogP contribution in [-0.4, -0.2) is 38.6 Å². The molecule has 1 rings (SSSR count). The minimum Gasteiger partial charge on any atom is -0.478 e. The number of hydrogen-bond acceptors (Lipinski definition) is 4. The lowest BCUT2D eigenvalue weighted by atomic mass is 10.2. The molecule has 1 heterocycles. The average molecular weight is 377 g/mol. The maximum absolute atomic E-state index is 7.36. The standard InChI is InChI=1S/C8H8Cl6N2O2/c9-7(10,11)5(15)18-3-4-1-2-17-6(16-4)8(12,13)14/h4,15H,1-3H2. The Balaban J connectivity index is 2.56. The first-order valence-electron chi connectivity index (χ1n) is 4.67. The summed E-state index contributed by atoms with van der Waals surface area (Å²) in [5.41, 5.74) is 0. The molecule has 1 unspecified atom stereocenters. The third-order valence-corrected chi connectivity index (χ3v) is 2.91. The molecule has 0 bridgehead atoms. The highest BCUT2D eigenvalue weighted by molar-refractivity contribution is 6.76. The van der Waals surface area contributed by atoms with Crippen LogP contribution in [-0.2, 0) is 9.47 Å². The lowest BCUT2D eigenvalue weighted by molar-refractivity contribution is 0.204. The number of nitrogens with one attached hydrogen (secondary N) is 1. The summed E-state index contributed by atoms with van der Waals surface area (Å²) in [6, 6.07) is -0.322. The van der Waals surface area contributed by atoms with Crippen LogP contribution in [0.25, 0.3) is 0 Å². The number of ether oxygens (including phenoxy) is 2. The summed E-state index contributed by atoms with van der Waals surface area (Å²) in [5, 5.41) is 7.36. The summed E-state index contributed by atoms with van der Waals surface area (Å²) < 4.78 is 6.50. The second-order valence-corrected chi connectivity index (χ2v) is 7.92. The summed E-state index contributed by atoms with van der Waals surface area (Å²) >= 11 is 33.3. The summed E-state index contributed by atoms with van der Waals surface area (Å²) in [6.07, 6.45) is 0.553. The topological polar surface area (TPSA) is 54.7 Å². The van der Waals surface area contributed by atoms with Crippen molar-refractivity contribution in [2.45, 2.75) is 20.0 Å². The lowest BCUT2D eigenvalue weighted by Crippen LogP contribution is -2.33. The Morgan fingerprint density at radius 3 is 2.44 bits per heavy atom. The van der Waals surface area contributed by atoms with E-state index in [4.69, 9.17) is 84.5 Å². The molecule has 0 aromatic heterocycles. The van der Waals surface area contributed by atoms with Crippen molar-refractivity contribution in [2.75, 3.05) is 13.2 Å². The van der Waals surface area contributed by atoms with Crippen molar-refractivity contribution in [3.8, 4) is 0 Å². The Morgan fingerprint density at radius 1 is 1.33 bits per heavy atom. The van der Waals surface area contributed by atoms with E-state index >= 15 is 0 Å². The third kappa shape index (κ3) is 5.35. The van der Waals surface area contributed by atoms with Crippen LogP contribution in [0, 0.1) is 5.41 Å². The van der Waals surface area contributed by atoms with Gasteiger partial charge in [-0.15, -0.1) is 0 Å². The van der Waals surface area contributed by atoms with Gasteiger partial charge in [0.25, 0.3) is 7.59 Å². The van der Waals surface area contributed by atoms with E-state index in [0.717, 1.165) is 0 Å². The molecule has 10 heteroatoms. The van der Waals surface area contributed by atoms with Gasteiger partial charge in [-0.3, -0.25) is 5.41 Å². The SMILES string of the molecule is N=C(OCC1CCOC(C(Cl)(Cl)Cl)=N1)C(Cl)(Cl)Cl. The van der Waals surface area contributed by atoms with E-state index in [1.54, 1.807) is 0 Å². The van der Waals surface area contributed by atoms with E-state index in [0.29, 0.717) is 13.0 Å². The number of halogens is 6. The van der Waals surface area contributed by atoms with Gasteiger partial charge >= 0.3 is 0 Å². The number of rotatable bonds is 2. The van der Waals surface area contributed by atoms with Gasteiger partial charge in [0.15, 0.2) is 0 Å².